The lowest BCUT2D eigenvalue weighted by atomic mass is 10.1. The van der Waals surface area contributed by atoms with Crippen LogP contribution in [0, 0.1) is 5.82 Å². The second kappa shape index (κ2) is 4.58. The van der Waals surface area contributed by atoms with Gasteiger partial charge in [-0.3, -0.25) is 4.79 Å². The Hall–Kier alpha value is -1.46. The second-order valence-electron chi connectivity index (χ2n) is 5.32. The first-order valence-electron chi connectivity index (χ1n) is 6.54. The van der Waals surface area contributed by atoms with Crippen molar-refractivity contribution in [2.24, 2.45) is 5.73 Å². The third-order valence-corrected chi connectivity index (χ3v) is 3.79. The lowest BCUT2D eigenvalue weighted by Crippen LogP contribution is -2.50. The smallest absolute Gasteiger partial charge is 0.242 e. The van der Waals surface area contributed by atoms with Gasteiger partial charge in [0.1, 0.15) is 11.9 Å². The molecule has 0 spiro atoms. The zero-order valence-corrected chi connectivity index (χ0v) is 10.6. The van der Waals surface area contributed by atoms with Crippen LogP contribution in [0.5, 0.6) is 0 Å². The average molecular weight is 264 g/mol. The lowest BCUT2D eigenvalue weighted by Gasteiger charge is -2.34. The van der Waals surface area contributed by atoms with Gasteiger partial charge in [0.15, 0.2) is 0 Å². The SMILES string of the molecule is NC1(C(=O)N2CCOC(c3cccc(F)c3)C2)CC1. The average Bonchev–Trinajstić information content (AvgIpc) is 3.17. The first-order valence-corrected chi connectivity index (χ1v) is 6.54. The van der Waals surface area contributed by atoms with Crippen molar-refractivity contribution >= 4 is 5.91 Å². The van der Waals surface area contributed by atoms with E-state index < -0.39 is 5.54 Å². The van der Waals surface area contributed by atoms with E-state index >= 15 is 0 Å². The Kier molecular flexibility index (Phi) is 3.03. The Morgan fingerprint density at radius 1 is 1.47 bits per heavy atom. The van der Waals surface area contributed by atoms with E-state index in [-0.39, 0.29) is 17.8 Å². The molecule has 1 heterocycles. The van der Waals surface area contributed by atoms with E-state index in [0.29, 0.717) is 19.7 Å². The highest BCUT2D eigenvalue weighted by molar-refractivity contribution is 5.89. The number of halogens is 1. The molecule has 102 valence electrons. The zero-order chi connectivity index (χ0) is 13.5. The van der Waals surface area contributed by atoms with Crippen LogP contribution in [0.25, 0.3) is 0 Å². The molecule has 1 aromatic rings. The Labute approximate surface area is 111 Å². The second-order valence-corrected chi connectivity index (χ2v) is 5.32. The van der Waals surface area contributed by atoms with Gasteiger partial charge in [0.05, 0.1) is 18.7 Å². The van der Waals surface area contributed by atoms with Crippen LogP contribution < -0.4 is 5.73 Å². The third kappa shape index (κ3) is 2.48. The molecule has 0 radical (unpaired) electrons. The first kappa shape index (κ1) is 12.6. The molecule has 4 nitrogen and oxygen atoms in total. The molecule has 2 aliphatic rings. The molecule has 19 heavy (non-hydrogen) atoms. The number of benzene rings is 1. The van der Waals surface area contributed by atoms with Crippen molar-refractivity contribution in [2.45, 2.75) is 24.5 Å². The van der Waals surface area contributed by atoms with Crippen molar-refractivity contribution in [2.75, 3.05) is 19.7 Å². The van der Waals surface area contributed by atoms with Gasteiger partial charge in [0, 0.05) is 6.54 Å². The van der Waals surface area contributed by atoms with Crippen LogP contribution in [0.15, 0.2) is 24.3 Å². The number of nitrogens with two attached hydrogens (primary N) is 1. The van der Waals surface area contributed by atoms with Crippen LogP contribution >= 0.6 is 0 Å². The Morgan fingerprint density at radius 3 is 2.95 bits per heavy atom. The molecule has 0 aromatic heterocycles. The number of nitrogens with zero attached hydrogens (tertiary/aromatic N) is 1. The molecule has 1 aliphatic heterocycles. The maximum atomic E-state index is 13.2. The molecule has 5 heteroatoms. The highest BCUT2D eigenvalue weighted by Gasteiger charge is 2.48. The molecule has 2 fully saturated rings. The number of rotatable bonds is 2. The van der Waals surface area contributed by atoms with Crippen LogP contribution in [-0.2, 0) is 9.53 Å². The lowest BCUT2D eigenvalue weighted by molar-refractivity contribution is -0.141. The van der Waals surface area contributed by atoms with Crippen molar-refractivity contribution in [1.29, 1.82) is 0 Å². The Morgan fingerprint density at radius 2 is 2.26 bits per heavy atom. The topological polar surface area (TPSA) is 55.6 Å². The van der Waals surface area contributed by atoms with E-state index in [1.807, 2.05) is 6.07 Å². The maximum Gasteiger partial charge on any atom is 0.242 e. The van der Waals surface area contributed by atoms with Crippen molar-refractivity contribution < 1.29 is 13.9 Å². The fourth-order valence-electron chi connectivity index (χ4n) is 2.41. The number of ether oxygens (including phenoxy) is 1. The molecule has 1 amide bonds. The van der Waals surface area contributed by atoms with Crippen LogP contribution in [-0.4, -0.2) is 36.0 Å². The van der Waals surface area contributed by atoms with Crippen LogP contribution in [0.4, 0.5) is 4.39 Å². The molecule has 1 unspecified atom stereocenters. The van der Waals surface area contributed by atoms with Crippen LogP contribution in [0.2, 0.25) is 0 Å². The number of hydrogen-bond donors (Lipinski definition) is 1. The van der Waals surface area contributed by atoms with Gasteiger partial charge in [-0.15, -0.1) is 0 Å². The molecule has 0 bridgehead atoms. The predicted octanol–water partition coefficient (Wildman–Crippen LogP) is 1.22. The fourth-order valence-corrected chi connectivity index (χ4v) is 2.41. The number of carbonyl (C=O) groups excluding carboxylic acids is 1. The number of carbonyl (C=O) groups is 1. The summed E-state index contributed by atoms with van der Waals surface area (Å²) in [6.45, 7) is 1.47. The van der Waals surface area contributed by atoms with E-state index in [4.69, 9.17) is 10.5 Å². The van der Waals surface area contributed by atoms with E-state index in [9.17, 15) is 9.18 Å². The predicted molar refractivity (Wildman–Crippen MR) is 67.8 cm³/mol. The standard InChI is InChI=1S/C14H17FN2O2/c15-11-3-1-2-10(8-11)12-9-17(6-7-19-12)13(18)14(16)4-5-14/h1-3,8,12H,4-7,9,16H2. The summed E-state index contributed by atoms with van der Waals surface area (Å²) in [7, 11) is 0. The Bertz CT molecular complexity index is 502. The van der Waals surface area contributed by atoms with Gasteiger partial charge in [-0.05, 0) is 30.5 Å². The molecular weight excluding hydrogens is 247 g/mol. The van der Waals surface area contributed by atoms with Crippen LogP contribution in [0.1, 0.15) is 24.5 Å². The summed E-state index contributed by atoms with van der Waals surface area (Å²) in [6, 6.07) is 6.32. The van der Waals surface area contributed by atoms with E-state index in [2.05, 4.69) is 0 Å². The molecule has 1 aromatic carbocycles. The normalized spacial score (nSPS) is 25.2. The highest BCUT2D eigenvalue weighted by atomic mass is 19.1. The number of amides is 1. The van der Waals surface area contributed by atoms with E-state index in [0.717, 1.165) is 18.4 Å². The van der Waals surface area contributed by atoms with Crippen molar-refractivity contribution in [1.82, 2.24) is 4.90 Å². The monoisotopic (exact) mass is 264 g/mol. The quantitative estimate of drug-likeness (QED) is 0.873. The molecule has 1 saturated carbocycles. The van der Waals surface area contributed by atoms with Crippen molar-refractivity contribution in [3.8, 4) is 0 Å². The van der Waals surface area contributed by atoms with Gasteiger partial charge in [-0.1, -0.05) is 12.1 Å². The third-order valence-electron chi connectivity index (χ3n) is 3.79. The molecule has 2 N–H and O–H groups in total. The number of hydrogen-bond acceptors (Lipinski definition) is 3. The van der Waals surface area contributed by atoms with Gasteiger partial charge in [-0.2, -0.15) is 0 Å². The van der Waals surface area contributed by atoms with E-state index in [1.165, 1.54) is 12.1 Å². The highest BCUT2D eigenvalue weighted by Crippen LogP contribution is 2.35. The molecular formula is C14H17FN2O2. The van der Waals surface area contributed by atoms with Gasteiger partial charge >= 0.3 is 0 Å². The summed E-state index contributed by atoms with van der Waals surface area (Å²) < 4.78 is 18.9. The largest absolute Gasteiger partial charge is 0.370 e. The summed E-state index contributed by atoms with van der Waals surface area (Å²) in [5, 5.41) is 0. The minimum Gasteiger partial charge on any atom is -0.370 e. The molecule has 1 aliphatic carbocycles. The van der Waals surface area contributed by atoms with Crippen molar-refractivity contribution in [3.63, 3.8) is 0 Å². The van der Waals surface area contributed by atoms with Gasteiger partial charge in [0.2, 0.25) is 5.91 Å². The molecule has 1 atom stereocenters. The summed E-state index contributed by atoms with van der Waals surface area (Å²) >= 11 is 0. The zero-order valence-electron chi connectivity index (χ0n) is 10.6. The minimum absolute atomic E-state index is 0.00259. The number of morpholine rings is 1. The summed E-state index contributed by atoms with van der Waals surface area (Å²) in [4.78, 5) is 13.9. The van der Waals surface area contributed by atoms with Gasteiger partial charge in [-0.25, -0.2) is 4.39 Å². The van der Waals surface area contributed by atoms with Crippen molar-refractivity contribution in [3.05, 3.63) is 35.6 Å². The maximum absolute atomic E-state index is 13.2. The fraction of sp³-hybridized carbons (Fsp3) is 0.500. The molecule has 1 saturated heterocycles. The summed E-state index contributed by atoms with van der Waals surface area (Å²) in [5.41, 5.74) is 6.05. The van der Waals surface area contributed by atoms with Gasteiger partial charge in [0.25, 0.3) is 0 Å². The summed E-state index contributed by atoms with van der Waals surface area (Å²) in [6.07, 6.45) is 1.25. The molecule has 3 rings (SSSR count). The first-order chi connectivity index (χ1) is 9.08. The van der Waals surface area contributed by atoms with Gasteiger partial charge < -0.3 is 15.4 Å². The Balaban J connectivity index is 1.73. The minimum atomic E-state index is -0.649. The van der Waals surface area contributed by atoms with E-state index in [1.54, 1.807) is 11.0 Å². The van der Waals surface area contributed by atoms with Crippen LogP contribution in [0.3, 0.4) is 0 Å². The summed E-state index contributed by atoms with van der Waals surface area (Å²) in [5.74, 6) is -0.292.